The number of aromatic nitrogens is 1. The molecule has 0 bridgehead atoms. The zero-order valence-electron chi connectivity index (χ0n) is 19.7. The quantitative estimate of drug-likeness (QED) is 0.432. The number of aryl methyl sites for hydroxylation is 1. The van der Waals surface area contributed by atoms with Gasteiger partial charge in [0.15, 0.2) is 0 Å². The van der Waals surface area contributed by atoms with Gasteiger partial charge in [-0.3, -0.25) is 9.19 Å². The third kappa shape index (κ3) is 5.44. The van der Waals surface area contributed by atoms with Gasteiger partial charge in [0.25, 0.3) is 0 Å². The van der Waals surface area contributed by atoms with Crippen molar-refractivity contribution in [3.05, 3.63) is 94.3 Å². The van der Waals surface area contributed by atoms with E-state index >= 15 is 0 Å². The zero-order chi connectivity index (χ0) is 24.9. The van der Waals surface area contributed by atoms with Crippen molar-refractivity contribution in [3.63, 3.8) is 0 Å². The van der Waals surface area contributed by atoms with Gasteiger partial charge < -0.3 is 15.2 Å². The van der Waals surface area contributed by atoms with Crippen molar-refractivity contribution in [2.24, 2.45) is 0 Å². The van der Waals surface area contributed by atoms with Gasteiger partial charge >= 0.3 is 0 Å². The Morgan fingerprint density at radius 1 is 1.14 bits per heavy atom. The molecular formula is C27H28F2N2O3S. The monoisotopic (exact) mass is 498 g/mol. The van der Waals surface area contributed by atoms with Gasteiger partial charge in [-0.05, 0) is 91.4 Å². The first-order chi connectivity index (χ1) is 16.9. The number of ether oxygens (including phenoxy) is 1. The van der Waals surface area contributed by atoms with Crippen LogP contribution in [0.25, 0.3) is 5.70 Å². The third-order valence-corrected chi connectivity index (χ3v) is 7.83. The van der Waals surface area contributed by atoms with Gasteiger partial charge in [0.2, 0.25) is 0 Å². The van der Waals surface area contributed by atoms with E-state index in [-0.39, 0.29) is 12.2 Å². The molecule has 0 radical (unpaired) electrons. The maximum Gasteiger partial charge on any atom is 0.128 e. The van der Waals surface area contributed by atoms with Crippen molar-refractivity contribution in [2.75, 3.05) is 20.3 Å². The van der Waals surface area contributed by atoms with Gasteiger partial charge in [-0.15, -0.1) is 0 Å². The number of methoxy groups -OCH3 is 1. The number of aliphatic hydroxyl groups is 1. The number of hydrogen-bond donors (Lipinski definition) is 2. The Morgan fingerprint density at radius 3 is 2.49 bits per heavy atom. The molecular weight excluding hydrogens is 470 g/mol. The molecule has 8 heteroatoms. The first kappa shape index (κ1) is 25.0. The molecule has 0 aliphatic heterocycles. The number of hydrogen-bond acceptors (Lipinski definition) is 5. The van der Waals surface area contributed by atoms with Crippen LogP contribution in [-0.2, 0) is 10.8 Å². The molecule has 0 saturated heterocycles. The molecule has 1 aliphatic carbocycles. The third-order valence-electron chi connectivity index (χ3n) is 6.16. The van der Waals surface area contributed by atoms with E-state index in [1.165, 1.54) is 12.7 Å². The van der Waals surface area contributed by atoms with E-state index < -0.39 is 27.7 Å². The van der Waals surface area contributed by atoms with E-state index in [1.807, 2.05) is 13.0 Å². The van der Waals surface area contributed by atoms with E-state index in [0.29, 0.717) is 28.4 Å². The summed E-state index contributed by atoms with van der Waals surface area (Å²) in [4.78, 5) is 5.09. The Labute approximate surface area is 206 Å². The Kier molecular flexibility index (Phi) is 7.93. The van der Waals surface area contributed by atoms with Crippen molar-refractivity contribution in [1.82, 2.24) is 10.3 Å². The van der Waals surface area contributed by atoms with Gasteiger partial charge in [-0.1, -0.05) is 0 Å². The molecule has 2 unspecified atom stereocenters. The number of pyridine rings is 1. The molecule has 0 spiro atoms. The first-order valence-electron chi connectivity index (χ1n) is 11.5. The molecule has 4 rings (SSSR count). The minimum absolute atomic E-state index is 0.00435. The number of nitrogens with zero attached hydrogens (tertiary/aromatic N) is 1. The van der Waals surface area contributed by atoms with Crippen LogP contribution in [-0.4, -0.2) is 34.6 Å². The molecule has 2 N–H and O–H groups in total. The number of aliphatic hydroxyl groups excluding tert-OH is 1. The number of nitrogens with one attached hydrogen (secondary N) is 1. The van der Waals surface area contributed by atoms with Crippen molar-refractivity contribution in [1.29, 1.82) is 0 Å². The van der Waals surface area contributed by atoms with Crippen LogP contribution in [0.5, 0.6) is 5.75 Å². The van der Waals surface area contributed by atoms with Crippen LogP contribution in [0.3, 0.4) is 0 Å². The number of rotatable bonds is 9. The number of benzene rings is 2. The van der Waals surface area contributed by atoms with Crippen LogP contribution in [0.2, 0.25) is 0 Å². The van der Waals surface area contributed by atoms with Crippen molar-refractivity contribution in [2.45, 2.75) is 36.3 Å². The predicted molar refractivity (Wildman–Crippen MR) is 132 cm³/mol. The standard InChI is InChI=1S/C27H28F2N2O3S/c1-17-14-25(26(30-12-13-32)18-4-3-5-18)31-16-23(17)27(22-15-19(28)6-11-24(22)29)35(33)21-9-7-20(34-2)8-10-21/h6-11,14-16,27,30,32H,3-5,12-13H2,1-2H3. The fourth-order valence-electron chi connectivity index (χ4n) is 4.12. The lowest BCUT2D eigenvalue weighted by atomic mass is 9.89. The summed E-state index contributed by atoms with van der Waals surface area (Å²) < 4.78 is 48.1. The molecule has 1 saturated carbocycles. The molecule has 3 aromatic rings. The summed E-state index contributed by atoms with van der Waals surface area (Å²) in [5.41, 5.74) is 4.16. The maximum atomic E-state index is 15.0. The summed E-state index contributed by atoms with van der Waals surface area (Å²) in [5, 5.41) is 11.6. The van der Waals surface area contributed by atoms with Gasteiger partial charge in [-0.2, -0.15) is 0 Å². The highest BCUT2D eigenvalue weighted by Crippen LogP contribution is 2.37. The molecule has 1 heterocycles. The van der Waals surface area contributed by atoms with Crippen LogP contribution < -0.4 is 10.1 Å². The van der Waals surface area contributed by atoms with E-state index in [2.05, 4.69) is 10.3 Å². The van der Waals surface area contributed by atoms with Crippen LogP contribution in [0.4, 0.5) is 8.78 Å². The Morgan fingerprint density at radius 2 is 1.89 bits per heavy atom. The van der Waals surface area contributed by atoms with Gasteiger partial charge in [-0.25, -0.2) is 8.78 Å². The number of halogens is 2. The largest absolute Gasteiger partial charge is 0.497 e. The lowest BCUT2D eigenvalue weighted by Crippen LogP contribution is -2.21. The average Bonchev–Trinajstić information content (AvgIpc) is 2.83. The van der Waals surface area contributed by atoms with Crippen molar-refractivity contribution < 1.29 is 22.8 Å². The summed E-state index contributed by atoms with van der Waals surface area (Å²) in [6.07, 6.45) is 4.64. The molecule has 2 aromatic carbocycles. The smallest absolute Gasteiger partial charge is 0.128 e. The zero-order valence-corrected chi connectivity index (χ0v) is 20.5. The lowest BCUT2D eigenvalue weighted by molar-refractivity contribution is 0.299. The Bertz CT molecular complexity index is 1260. The van der Waals surface area contributed by atoms with Crippen LogP contribution in [0.1, 0.15) is 46.9 Å². The van der Waals surface area contributed by atoms with Crippen molar-refractivity contribution >= 4 is 16.5 Å². The highest BCUT2D eigenvalue weighted by molar-refractivity contribution is 7.85. The molecule has 184 valence electrons. The average molecular weight is 499 g/mol. The fraction of sp³-hybridized carbons (Fsp3) is 0.296. The second kappa shape index (κ2) is 11.1. The molecule has 1 aliphatic rings. The summed E-state index contributed by atoms with van der Waals surface area (Å²) in [6, 6.07) is 11.8. The first-order valence-corrected chi connectivity index (χ1v) is 12.7. The van der Waals surface area contributed by atoms with E-state index in [9.17, 15) is 18.1 Å². The summed E-state index contributed by atoms with van der Waals surface area (Å²) in [5.74, 6) is -0.637. The summed E-state index contributed by atoms with van der Waals surface area (Å²) >= 11 is 0. The van der Waals surface area contributed by atoms with E-state index in [1.54, 1.807) is 30.5 Å². The topological polar surface area (TPSA) is 71.5 Å². The minimum atomic E-state index is -1.75. The molecule has 5 nitrogen and oxygen atoms in total. The van der Waals surface area contributed by atoms with E-state index in [0.717, 1.165) is 48.7 Å². The van der Waals surface area contributed by atoms with Crippen LogP contribution in [0.15, 0.2) is 65.2 Å². The second-order valence-electron chi connectivity index (χ2n) is 8.43. The molecule has 2 atom stereocenters. The molecule has 1 aromatic heterocycles. The highest BCUT2D eigenvalue weighted by Gasteiger charge is 2.29. The normalized spacial score (nSPS) is 14.7. The Hall–Kier alpha value is -3.10. The summed E-state index contributed by atoms with van der Waals surface area (Å²) in [7, 11) is -0.209. The lowest BCUT2D eigenvalue weighted by Gasteiger charge is -2.24. The van der Waals surface area contributed by atoms with Crippen molar-refractivity contribution in [3.8, 4) is 5.75 Å². The van der Waals surface area contributed by atoms with Crippen LogP contribution in [0, 0.1) is 18.6 Å². The second-order valence-corrected chi connectivity index (χ2v) is 9.97. The SMILES string of the molecule is COc1ccc(S(=O)C(c2cnc(C(NCCO)=C3CCC3)cc2C)c2cc(F)ccc2F)cc1. The van der Waals surface area contributed by atoms with E-state index in [4.69, 9.17) is 4.74 Å². The van der Waals surface area contributed by atoms with Gasteiger partial charge in [0.1, 0.15) is 17.4 Å². The van der Waals surface area contributed by atoms with Gasteiger partial charge in [0.05, 0.1) is 41.2 Å². The minimum Gasteiger partial charge on any atom is -0.497 e. The maximum absolute atomic E-state index is 15.0. The Balaban J connectivity index is 1.80. The predicted octanol–water partition coefficient (Wildman–Crippen LogP) is 5.05. The highest BCUT2D eigenvalue weighted by atomic mass is 32.2. The fourth-order valence-corrected chi connectivity index (χ4v) is 5.68. The van der Waals surface area contributed by atoms with Gasteiger partial charge in [0, 0.05) is 23.2 Å². The number of allylic oxidation sites excluding steroid dienone is 1. The van der Waals surface area contributed by atoms with Crippen LogP contribution >= 0.6 is 0 Å². The summed E-state index contributed by atoms with van der Waals surface area (Å²) in [6.45, 7) is 2.25. The molecule has 35 heavy (non-hydrogen) atoms. The molecule has 0 amide bonds. The molecule has 1 fully saturated rings.